The standard InChI is InChI=1S/C28H33FN6O3/c1-16(2)33-28(37)17-4-5-22(29)21(10-17)24-7-6-23(31)27(34-24)26(36)11-18-13-32-9-8-25(18)35-14-19(30)12-20(15-35)38-3/h4-10,13,16,19-20H,11-12,14-15,30-31H2,1-3H3,(H,33,37)/t19-,20+/m0/s1. The van der Waals surface area contributed by atoms with Crippen LogP contribution in [0.15, 0.2) is 48.8 Å². The van der Waals surface area contributed by atoms with E-state index < -0.39 is 5.82 Å². The second-order valence-electron chi connectivity index (χ2n) is 9.82. The Morgan fingerprint density at radius 2 is 2.00 bits per heavy atom. The van der Waals surface area contributed by atoms with Crippen LogP contribution in [0.3, 0.4) is 0 Å². The van der Waals surface area contributed by atoms with E-state index in [9.17, 15) is 14.0 Å². The first-order valence-electron chi connectivity index (χ1n) is 12.5. The Hall–Kier alpha value is -3.89. The Morgan fingerprint density at radius 1 is 1.21 bits per heavy atom. The zero-order valence-corrected chi connectivity index (χ0v) is 21.8. The molecule has 1 aliphatic heterocycles. The van der Waals surface area contributed by atoms with Crippen LogP contribution in [0.4, 0.5) is 15.8 Å². The van der Waals surface area contributed by atoms with Crippen molar-refractivity contribution in [2.24, 2.45) is 5.73 Å². The molecule has 0 aliphatic carbocycles. The van der Waals surface area contributed by atoms with E-state index in [0.717, 1.165) is 12.1 Å². The van der Waals surface area contributed by atoms with Crippen LogP contribution in [-0.2, 0) is 11.2 Å². The lowest BCUT2D eigenvalue weighted by atomic mass is 10.00. The number of benzene rings is 1. The lowest BCUT2D eigenvalue weighted by molar-refractivity contribution is 0.0835. The van der Waals surface area contributed by atoms with Crippen LogP contribution in [0.25, 0.3) is 11.3 Å². The topological polar surface area (TPSA) is 136 Å². The Labute approximate surface area is 221 Å². The maximum atomic E-state index is 14.8. The van der Waals surface area contributed by atoms with Crippen molar-refractivity contribution in [2.75, 3.05) is 30.8 Å². The lowest BCUT2D eigenvalue weighted by Gasteiger charge is -2.37. The van der Waals surface area contributed by atoms with Crippen LogP contribution in [-0.4, -0.2) is 60.0 Å². The molecule has 38 heavy (non-hydrogen) atoms. The minimum atomic E-state index is -0.564. The summed E-state index contributed by atoms with van der Waals surface area (Å²) in [5.41, 5.74) is 14.7. The van der Waals surface area contributed by atoms with Gasteiger partial charge in [0.15, 0.2) is 5.78 Å². The van der Waals surface area contributed by atoms with Crippen LogP contribution in [0, 0.1) is 5.82 Å². The largest absolute Gasteiger partial charge is 0.397 e. The van der Waals surface area contributed by atoms with Crippen molar-refractivity contribution in [3.05, 3.63) is 71.4 Å². The number of aromatic nitrogens is 2. The number of piperidine rings is 1. The fraction of sp³-hybridized carbons (Fsp3) is 0.357. The van der Waals surface area contributed by atoms with Crippen molar-refractivity contribution in [2.45, 2.75) is 44.9 Å². The van der Waals surface area contributed by atoms with E-state index in [4.69, 9.17) is 16.2 Å². The van der Waals surface area contributed by atoms with E-state index in [1.807, 2.05) is 19.9 Å². The number of carbonyl (C=O) groups excluding carboxylic acids is 2. The van der Waals surface area contributed by atoms with Gasteiger partial charge in [0.1, 0.15) is 11.5 Å². The number of ether oxygens (including phenoxy) is 1. The highest BCUT2D eigenvalue weighted by molar-refractivity contribution is 6.01. The molecule has 2 aromatic heterocycles. The summed E-state index contributed by atoms with van der Waals surface area (Å²) in [5.74, 6) is -1.23. The summed E-state index contributed by atoms with van der Waals surface area (Å²) in [4.78, 5) is 36.6. The number of nitrogens with one attached hydrogen (secondary N) is 1. The number of Topliss-reactive ketones (excluding diaryl/α,β-unsaturated/α-hetero) is 1. The number of methoxy groups -OCH3 is 1. The monoisotopic (exact) mass is 520 g/mol. The molecule has 0 bridgehead atoms. The first kappa shape index (κ1) is 27.2. The number of hydrogen-bond acceptors (Lipinski definition) is 8. The normalized spacial score (nSPS) is 17.5. The number of nitrogens with zero attached hydrogens (tertiary/aromatic N) is 3. The van der Waals surface area contributed by atoms with Gasteiger partial charge in [0.2, 0.25) is 0 Å². The Balaban J connectivity index is 1.62. The van der Waals surface area contributed by atoms with Gasteiger partial charge in [-0.2, -0.15) is 0 Å². The summed E-state index contributed by atoms with van der Waals surface area (Å²) in [6.07, 6.45) is 4.05. The van der Waals surface area contributed by atoms with E-state index in [-0.39, 0.29) is 64.5 Å². The zero-order valence-electron chi connectivity index (χ0n) is 21.8. The van der Waals surface area contributed by atoms with Gasteiger partial charge in [0.25, 0.3) is 5.91 Å². The molecule has 1 amide bonds. The molecule has 5 N–H and O–H groups in total. The maximum Gasteiger partial charge on any atom is 0.251 e. The van der Waals surface area contributed by atoms with Crippen molar-refractivity contribution < 1.29 is 18.7 Å². The maximum absolute atomic E-state index is 14.8. The van der Waals surface area contributed by atoms with Crippen molar-refractivity contribution in [3.8, 4) is 11.3 Å². The van der Waals surface area contributed by atoms with Gasteiger partial charge in [-0.1, -0.05) is 0 Å². The molecule has 3 aromatic rings. The summed E-state index contributed by atoms with van der Waals surface area (Å²) in [7, 11) is 1.66. The highest BCUT2D eigenvalue weighted by Crippen LogP contribution is 2.28. The molecule has 1 aromatic carbocycles. The van der Waals surface area contributed by atoms with Crippen LogP contribution in [0.2, 0.25) is 0 Å². The molecule has 0 saturated carbocycles. The summed E-state index contributed by atoms with van der Waals surface area (Å²) >= 11 is 0. The van der Waals surface area contributed by atoms with Crippen molar-refractivity contribution in [3.63, 3.8) is 0 Å². The fourth-order valence-electron chi connectivity index (χ4n) is 4.63. The van der Waals surface area contributed by atoms with Crippen LogP contribution in [0.1, 0.15) is 46.7 Å². The lowest BCUT2D eigenvalue weighted by Crippen LogP contribution is -2.50. The minimum Gasteiger partial charge on any atom is -0.397 e. The second-order valence-corrected chi connectivity index (χ2v) is 9.82. The predicted molar refractivity (Wildman–Crippen MR) is 145 cm³/mol. The van der Waals surface area contributed by atoms with E-state index >= 15 is 0 Å². The summed E-state index contributed by atoms with van der Waals surface area (Å²) < 4.78 is 20.3. The van der Waals surface area contributed by atoms with Gasteiger partial charge in [-0.05, 0) is 56.7 Å². The SMILES string of the molecule is CO[C@@H]1C[C@H](N)CN(c2ccncc2CC(=O)c2nc(-c3cc(C(=O)NC(C)C)ccc3F)ccc2N)C1. The van der Waals surface area contributed by atoms with E-state index in [2.05, 4.69) is 20.2 Å². The Bertz CT molecular complexity index is 1330. The molecule has 10 heteroatoms. The molecule has 200 valence electrons. The number of nitrogen functional groups attached to an aromatic ring is 1. The molecule has 0 spiro atoms. The molecule has 1 fully saturated rings. The number of anilines is 2. The number of nitrogens with two attached hydrogens (primary N) is 2. The number of halogens is 1. The molecule has 9 nitrogen and oxygen atoms in total. The first-order chi connectivity index (χ1) is 18.2. The molecule has 0 radical (unpaired) electrons. The smallest absolute Gasteiger partial charge is 0.251 e. The fourth-order valence-corrected chi connectivity index (χ4v) is 4.63. The third-order valence-electron chi connectivity index (χ3n) is 6.46. The number of pyridine rings is 2. The Morgan fingerprint density at radius 3 is 2.74 bits per heavy atom. The number of rotatable bonds is 8. The average Bonchev–Trinajstić information content (AvgIpc) is 2.88. The van der Waals surface area contributed by atoms with Crippen LogP contribution < -0.4 is 21.7 Å². The summed E-state index contributed by atoms with van der Waals surface area (Å²) in [5, 5.41) is 2.78. The van der Waals surface area contributed by atoms with E-state index in [0.29, 0.717) is 18.7 Å². The minimum absolute atomic E-state index is 0.00741. The van der Waals surface area contributed by atoms with Gasteiger partial charge in [-0.3, -0.25) is 14.6 Å². The first-order valence-corrected chi connectivity index (χ1v) is 12.5. The quantitative estimate of drug-likeness (QED) is 0.386. The second kappa shape index (κ2) is 11.7. The molecule has 0 unspecified atom stereocenters. The van der Waals surface area contributed by atoms with Crippen LogP contribution >= 0.6 is 0 Å². The third kappa shape index (κ3) is 6.15. The highest BCUT2D eigenvalue weighted by atomic mass is 19.1. The number of amides is 1. The predicted octanol–water partition coefficient (Wildman–Crippen LogP) is 2.98. The number of hydrogen-bond donors (Lipinski definition) is 3. The molecular weight excluding hydrogens is 487 g/mol. The number of carbonyl (C=O) groups is 2. The summed E-state index contributed by atoms with van der Waals surface area (Å²) in [6.45, 7) is 4.95. The van der Waals surface area contributed by atoms with E-state index in [1.165, 1.54) is 30.3 Å². The van der Waals surface area contributed by atoms with Crippen molar-refractivity contribution in [1.82, 2.24) is 15.3 Å². The van der Waals surface area contributed by atoms with Gasteiger partial charge in [-0.15, -0.1) is 0 Å². The van der Waals surface area contributed by atoms with Gasteiger partial charge in [0.05, 0.1) is 17.5 Å². The van der Waals surface area contributed by atoms with Crippen LogP contribution in [0.5, 0.6) is 0 Å². The van der Waals surface area contributed by atoms with Crippen molar-refractivity contribution >= 4 is 23.1 Å². The van der Waals surface area contributed by atoms with E-state index in [1.54, 1.807) is 19.5 Å². The molecule has 1 saturated heterocycles. The Kier molecular flexibility index (Phi) is 8.33. The highest BCUT2D eigenvalue weighted by Gasteiger charge is 2.27. The third-order valence-corrected chi connectivity index (χ3v) is 6.46. The molecule has 2 atom stereocenters. The number of ketones is 1. The molecular formula is C28H33FN6O3. The molecule has 3 heterocycles. The summed E-state index contributed by atoms with van der Waals surface area (Å²) in [6, 6.07) is 8.81. The van der Waals surface area contributed by atoms with Gasteiger partial charge < -0.3 is 26.4 Å². The van der Waals surface area contributed by atoms with Gasteiger partial charge in [0, 0.05) is 73.5 Å². The van der Waals surface area contributed by atoms with Crippen molar-refractivity contribution in [1.29, 1.82) is 0 Å². The molecule has 1 aliphatic rings. The molecule has 4 rings (SSSR count). The van der Waals surface area contributed by atoms with Gasteiger partial charge in [-0.25, -0.2) is 9.37 Å². The zero-order chi connectivity index (χ0) is 27.4. The van der Waals surface area contributed by atoms with Gasteiger partial charge >= 0.3 is 0 Å². The average molecular weight is 521 g/mol.